The van der Waals surface area contributed by atoms with Gasteiger partial charge in [-0.25, -0.2) is 9.18 Å². The van der Waals surface area contributed by atoms with Gasteiger partial charge in [0.1, 0.15) is 11.4 Å². The highest BCUT2D eigenvalue weighted by atomic mass is 19.1. The largest absolute Gasteiger partial charge is 0.369 e. The number of nitrogens with zero attached hydrogens (tertiary/aromatic N) is 2. The molecule has 8 heteroatoms. The van der Waals surface area contributed by atoms with Crippen LogP contribution < -0.4 is 21.5 Å². The Morgan fingerprint density at radius 3 is 2.88 bits per heavy atom. The van der Waals surface area contributed by atoms with Gasteiger partial charge >= 0.3 is 5.69 Å². The first-order valence-corrected chi connectivity index (χ1v) is 8.03. The first kappa shape index (κ1) is 16.9. The van der Waals surface area contributed by atoms with Crippen LogP contribution >= 0.6 is 0 Å². The summed E-state index contributed by atoms with van der Waals surface area (Å²) >= 11 is 0. The average Bonchev–Trinajstić information content (AvgIpc) is 3.05. The fraction of sp³-hybridized carbons (Fsp3) is 0.353. The molecule has 1 aromatic heterocycles. The van der Waals surface area contributed by atoms with Crippen molar-refractivity contribution in [3.05, 3.63) is 62.7 Å². The molecule has 0 spiro atoms. The van der Waals surface area contributed by atoms with E-state index in [4.69, 9.17) is 0 Å². The van der Waals surface area contributed by atoms with Crippen LogP contribution in [0.3, 0.4) is 0 Å². The Balaban J connectivity index is 1.61. The predicted molar refractivity (Wildman–Crippen MR) is 91.4 cm³/mol. The van der Waals surface area contributed by atoms with Crippen LogP contribution in [0.25, 0.3) is 0 Å². The number of nitrogens with one attached hydrogen (secondary N) is 2. The first-order chi connectivity index (χ1) is 12.0. The molecule has 1 aliphatic heterocycles. The molecule has 0 radical (unpaired) electrons. The van der Waals surface area contributed by atoms with Gasteiger partial charge in [0.25, 0.3) is 11.5 Å². The minimum atomic E-state index is -0.708. The fourth-order valence-corrected chi connectivity index (χ4v) is 2.98. The minimum Gasteiger partial charge on any atom is -0.369 e. The molecule has 0 aliphatic carbocycles. The van der Waals surface area contributed by atoms with Gasteiger partial charge in [0.05, 0.1) is 5.69 Å². The van der Waals surface area contributed by atoms with E-state index in [1.165, 1.54) is 19.3 Å². The maximum absolute atomic E-state index is 13.8. The van der Waals surface area contributed by atoms with E-state index in [1.807, 2.05) is 4.90 Å². The molecule has 3 rings (SSSR count). The van der Waals surface area contributed by atoms with Crippen molar-refractivity contribution in [2.24, 2.45) is 13.0 Å². The van der Waals surface area contributed by atoms with Crippen molar-refractivity contribution < 1.29 is 9.18 Å². The molecule has 2 aromatic rings. The normalized spacial score (nSPS) is 16.9. The third-order valence-corrected chi connectivity index (χ3v) is 4.38. The number of hydrogen-bond donors (Lipinski definition) is 2. The van der Waals surface area contributed by atoms with Gasteiger partial charge in [-0.15, -0.1) is 0 Å². The maximum atomic E-state index is 13.8. The molecule has 7 nitrogen and oxygen atoms in total. The lowest BCUT2D eigenvalue weighted by atomic mass is 10.1. The molecule has 1 aliphatic rings. The summed E-state index contributed by atoms with van der Waals surface area (Å²) in [7, 11) is 1.46. The number of carbonyl (C=O) groups excluding carboxylic acids is 1. The molecule has 1 unspecified atom stereocenters. The second kappa shape index (κ2) is 6.92. The lowest BCUT2D eigenvalue weighted by Crippen LogP contribution is -2.38. The lowest BCUT2D eigenvalue weighted by molar-refractivity contribution is 0.0945. The van der Waals surface area contributed by atoms with E-state index in [0.29, 0.717) is 25.3 Å². The minimum absolute atomic E-state index is 0.106. The second-order valence-electron chi connectivity index (χ2n) is 6.18. The Bertz CT molecular complexity index is 905. The molecule has 1 atom stereocenters. The molecule has 1 amide bonds. The van der Waals surface area contributed by atoms with E-state index in [2.05, 4.69) is 10.3 Å². The van der Waals surface area contributed by atoms with Crippen LogP contribution in [0.15, 0.2) is 40.1 Å². The van der Waals surface area contributed by atoms with Crippen LogP contribution in [-0.4, -0.2) is 35.1 Å². The number of anilines is 1. The van der Waals surface area contributed by atoms with Gasteiger partial charge in [-0.3, -0.25) is 14.6 Å². The highest BCUT2D eigenvalue weighted by Gasteiger charge is 2.25. The van der Waals surface area contributed by atoms with Crippen molar-refractivity contribution in [2.75, 3.05) is 24.5 Å². The Kier molecular flexibility index (Phi) is 4.69. The average molecular weight is 346 g/mol. The SMILES string of the molecule is Cn1cc(C(=O)NCC2CCN(c3ccccc3F)C2)c(=O)[nH]c1=O. The summed E-state index contributed by atoms with van der Waals surface area (Å²) in [6, 6.07) is 6.60. The summed E-state index contributed by atoms with van der Waals surface area (Å²) < 4.78 is 15.0. The van der Waals surface area contributed by atoms with E-state index in [9.17, 15) is 18.8 Å². The highest BCUT2D eigenvalue weighted by molar-refractivity contribution is 5.93. The monoisotopic (exact) mass is 346 g/mol. The zero-order valence-corrected chi connectivity index (χ0v) is 13.8. The van der Waals surface area contributed by atoms with Crippen LogP contribution in [0.2, 0.25) is 0 Å². The smallest absolute Gasteiger partial charge is 0.328 e. The Hall–Kier alpha value is -2.90. The van der Waals surface area contributed by atoms with E-state index >= 15 is 0 Å². The molecule has 2 N–H and O–H groups in total. The zero-order chi connectivity index (χ0) is 18.0. The van der Waals surface area contributed by atoms with Gasteiger partial charge in [-0.2, -0.15) is 0 Å². The number of aromatic amines is 1. The third-order valence-electron chi connectivity index (χ3n) is 4.38. The second-order valence-corrected chi connectivity index (χ2v) is 6.18. The third kappa shape index (κ3) is 3.62. The lowest BCUT2D eigenvalue weighted by Gasteiger charge is -2.19. The van der Waals surface area contributed by atoms with Crippen LogP contribution in [0.4, 0.5) is 10.1 Å². The molecule has 25 heavy (non-hydrogen) atoms. The number of hydrogen-bond acceptors (Lipinski definition) is 4. The molecule has 0 bridgehead atoms. The molecular formula is C17H19FN4O3. The van der Waals surface area contributed by atoms with Crippen molar-refractivity contribution in [2.45, 2.75) is 6.42 Å². The molecule has 0 saturated carbocycles. The Morgan fingerprint density at radius 1 is 1.36 bits per heavy atom. The fourth-order valence-electron chi connectivity index (χ4n) is 2.98. The zero-order valence-electron chi connectivity index (χ0n) is 13.8. The summed E-state index contributed by atoms with van der Waals surface area (Å²) in [4.78, 5) is 39.3. The maximum Gasteiger partial charge on any atom is 0.328 e. The van der Waals surface area contributed by atoms with Gasteiger partial charge < -0.3 is 14.8 Å². The van der Waals surface area contributed by atoms with Gasteiger partial charge in [0.15, 0.2) is 0 Å². The summed E-state index contributed by atoms with van der Waals surface area (Å²) in [5.74, 6) is -0.625. The number of rotatable bonds is 4. The summed E-state index contributed by atoms with van der Waals surface area (Å²) in [5, 5.41) is 2.72. The van der Waals surface area contributed by atoms with Crippen LogP contribution in [0.5, 0.6) is 0 Å². The van der Waals surface area contributed by atoms with Gasteiger partial charge in [-0.1, -0.05) is 12.1 Å². The van der Waals surface area contributed by atoms with Gasteiger partial charge in [0, 0.05) is 32.9 Å². The molecule has 2 heterocycles. The molecule has 132 valence electrons. The summed E-state index contributed by atoms with van der Waals surface area (Å²) in [6.07, 6.45) is 2.04. The number of benzene rings is 1. The summed E-state index contributed by atoms with van der Waals surface area (Å²) in [5.41, 5.74) is -0.824. The van der Waals surface area contributed by atoms with Crippen molar-refractivity contribution in [1.82, 2.24) is 14.9 Å². The molecule has 1 aromatic carbocycles. The summed E-state index contributed by atoms with van der Waals surface area (Å²) in [6.45, 7) is 1.72. The Morgan fingerprint density at radius 2 is 2.12 bits per heavy atom. The quantitative estimate of drug-likeness (QED) is 0.842. The number of amides is 1. The molecule has 1 fully saturated rings. The van der Waals surface area contributed by atoms with Crippen molar-refractivity contribution in [1.29, 1.82) is 0 Å². The predicted octanol–water partition coefficient (Wildman–Crippen LogP) is 0.469. The number of aromatic nitrogens is 2. The van der Waals surface area contributed by atoms with E-state index < -0.39 is 17.2 Å². The Labute approximate surface area is 143 Å². The van der Waals surface area contributed by atoms with E-state index in [-0.39, 0.29) is 17.3 Å². The van der Waals surface area contributed by atoms with E-state index in [1.54, 1.807) is 18.2 Å². The highest BCUT2D eigenvalue weighted by Crippen LogP contribution is 2.25. The van der Waals surface area contributed by atoms with Crippen molar-refractivity contribution in [3.63, 3.8) is 0 Å². The number of carbonyl (C=O) groups is 1. The van der Waals surface area contributed by atoms with Gasteiger partial charge in [-0.05, 0) is 24.5 Å². The number of aryl methyl sites for hydroxylation is 1. The number of para-hydroxylation sites is 1. The first-order valence-electron chi connectivity index (χ1n) is 8.03. The topological polar surface area (TPSA) is 87.2 Å². The van der Waals surface area contributed by atoms with Crippen LogP contribution in [0.1, 0.15) is 16.8 Å². The molecular weight excluding hydrogens is 327 g/mol. The number of halogens is 1. The number of H-pyrrole nitrogens is 1. The van der Waals surface area contributed by atoms with Crippen molar-refractivity contribution in [3.8, 4) is 0 Å². The van der Waals surface area contributed by atoms with Gasteiger partial charge in [0.2, 0.25) is 0 Å². The van der Waals surface area contributed by atoms with Crippen molar-refractivity contribution >= 4 is 11.6 Å². The van der Waals surface area contributed by atoms with E-state index in [0.717, 1.165) is 11.0 Å². The standard InChI is InChI=1S/C17H19FN4O3/c1-21-10-12(16(24)20-17(21)25)15(23)19-8-11-6-7-22(9-11)14-5-3-2-4-13(14)18/h2-5,10-11H,6-9H2,1H3,(H,19,23)(H,20,24,25). The van der Waals surface area contributed by atoms with Crippen LogP contribution in [-0.2, 0) is 7.05 Å². The van der Waals surface area contributed by atoms with Crippen LogP contribution in [0, 0.1) is 11.7 Å². The molecule has 1 saturated heterocycles.